The average molecular weight is 408 g/mol. The summed E-state index contributed by atoms with van der Waals surface area (Å²) < 4.78 is 2.21. The molecule has 6 nitrogen and oxygen atoms in total. The van der Waals surface area contributed by atoms with E-state index in [4.69, 9.17) is 12.2 Å². The maximum absolute atomic E-state index is 12.7. The number of likely N-dealkylation sites (tertiary alicyclic amines) is 1. The summed E-state index contributed by atoms with van der Waals surface area (Å²) in [7, 11) is 0. The van der Waals surface area contributed by atoms with Crippen molar-refractivity contribution in [2.24, 2.45) is 0 Å². The number of amides is 1. The van der Waals surface area contributed by atoms with Crippen LogP contribution in [0.3, 0.4) is 0 Å². The van der Waals surface area contributed by atoms with Crippen molar-refractivity contribution in [2.45, 2.75) is 32.5 Å². The Morgan fingerprint density at radius 1 is 1.24 bits per heavy atom. The third-order valence-corrected chi connectivity index (χ3v) is 5.53. The van der Waals surface area contributed by atoms with E-state index in [1.807, 2.05) is 37.3 Å². The van der Waals surface area contributed by atoms with Gasteiger partial charge in [0.2, 0.25) is 5.91 Å². The number of carbonyl (C=O) groups is 1. The van der Waals surface area contributed by atoms with Crippen molar-refractivity contribution in [2.75, 3.05) is 13.1 Å². The standard InChI is InChI=1S/C22H25N5OS/c1-16-6-5-9-18(12-16)21-24-25-22(29)27(21)15-20(28)23-19-10-11-26(14-19)13-17-7-3-2-4-8-17/h2-9,12,19H,10-11,13-15H2,1H3,(H,23,28)(H,25,29). The van der Waals surface area contributed by atoms with Gasteiger partial charge in [0.05, 0.1) is 0 Å². The van der Waals surface area contributed by atoms with E-state index in [1.165, 1.54) is 5.56 Å². The molecule has 0 bridgehead atoms. The first-order chi connectivity index (χ1) is 14.1. The first kappa shape index (κ1) is 19.5. The molecule has 0 aliphatic carbocycles. The molecule has 1 fully saturated rings. The van der Waals surface area contributed by atoms with E-state index in [9.17, 15) is 4.79 Å². The average Bonchev–Trinajstić information content (AvgIpc) is 3.29. The van der Waals surface area contributed by atoms with Gasteiger partial charge in [0.15, 0.2) is 10.6 Å². The fourth-order valence-electron chi connectivity index (χ4n) is 3.82. The monoisotopic (exact) mass is 407 g/mol. The number of H-pyrrole nitrogens is 1. The van der Waals surface area contributed by atoms with Gasteiger partial charge in [-0.1, -0.05) is 54.1 Å². The lowest BCUT2D eigenvalue weighted by Crippen LogP contribution is -2.39. The lowest BCUT2D eigenvalue weighted by atomic mass is 10.1. The predicted molar refractivity (Wildman–Crippen MR) is 116 cm³/mol. The molecule has 2 heterocycles. The summed E-state index contributed by atoms with van der Waals surface area (Å²) in [5.41, 5.74) is 3.38. The molecule has 3 aromatic rings. The molecule has 2 aromatic carbocycles. The minimum atomic E-state index is -0.0389. The summed E-state index contributed by atoms with van der Waals surface area (Å²) in [6.07, 6.45) is 0.958. The highest BCUT2D eigenvalue weighted by Crippen LogP contribution is 2.19. The number of aryl methyl sites for hydroxylation is 1. The lowest BCUT2D eigenvalue weighted by Gasteiger charge is -2.17. The molecule has 1 aliphatic heterocycles. The summed E-state index contributed by atoms with van der Waals surface area (Å²) in [6.45, 7) is 4.95. The summed E-state index contributed by atoms with van der Waals surface area (Å²) >= 11 is 5.36. The Labute approximate surface area is 175 Å². The van der Waals surface area contributed by atoms with Crippen molar-refractivity contribution in [1.82, 2.24) is 25.0 Å². The Bertz CT molecular complexity index is 1040. The second-order valence-corrected chi connectivity index (χ2v) is 7.97. The van der Waals surface area contributed by atoms with Gasteiger partial charge in [0.1, 0.15) is 6.54 Å². The van der Waals surface area contributed by atoms with Crippen LogP contribution in [0.2, 0.25) is 0 Å². The number of nitrogens with zero attached hydrogens (tertiary/aromatic N) is 3. The van der Waals surface area contributed by atoms with Crippen LogP contribution in [0.15, 0.2) is 54.6 Å². The number of rotatable bonds is 6. The topological polar surface area (TPSA) is 66.0 Å². The zero-order chi connectivity index (χ0) is 20.2. The van der Waals surface area contributed by atoms with Crippen LogP contribution in [-0.2, 0) is 17.9 Å². The quantitative estimate of drug-likeness (QED) is 0.616. The van der Waals surface area contributed by atoms with Gasteiger partial charge in [-0.05, 0) is 37.2 Å². The van der Waals surface area contributed by atoms with Gasteiger partial charge in [-0.15, -0.1) is 0 Å². The van der Waals surface area contributed by atoms with Gasteiger partial charge in [-0.25, -0.2) is 0 Å². The second-order valence-electron chi connectivity index (χ2n) is 7.58. The van der Waals surface area contributed by atoms with Crippen LogP contribution >= 0.6 is 12.2 Å². The van der Waals surface area contributed by atoms with Gasteiger partial charge in [0, 0.05) is 31.2 Å². The summed E-state index contributed by atoms with van der Waals surface area (Å²) in [4.78, 5) is 15.1. The highest BCUT2D eigenvalue weighted by Gasteiger charge is 2.24. The molecular weight excluding hydrogens is 382 g/mol. The van der Waals surface area contributed by atoms with Crippen molar-refractivity contribution in [3.8, 4) is 11.4 Å². The number of nitrogens with one attached hydrogen (secondary N) is 2. The van der Waals surface area contributed by atoms with Crippen LogP contribution < -0.4 is 5.32 Å². The van der Waals surface area contributed by atoms with Crippen molar-refractivity contribution in [3.63, 3.8) is 0 Å². The molecule has 1 amide bonds. The molecule has 1 atom stereocenters. The maximum Gasteiger partial charge on any atom is 0.240 e. The number of benzene rings is 2. The molecule has 7 heteroatoms. The Morgan fingerprint density at radius 2 is 2.07 bits per heavy atom. The molecular formula is C22H25N5OS. The number of hydrogen-bond donors (Lipinski definition) is 2. The fourth-order valence-corrected chi connectivity index (χ4v) is 4.02. The Hall–Kier alpha value is -2.77. The lowest BCUT2D eigenvalue weighted by molar-refractivity contribution is -0.122. The predicted octanol–water partition coefficient (Wildman–Crippen LogP) is 3.31. The first-order valence-electron chi connectivity index (χ1n) is 9.86. The van der Waals surface area contributed by atoms with Gasteiger partial charge >= 0.3 is 0 Å². The molecule has 0 saturated carbocycles. The van der Waals surface area contributed by atoms with Gasteiger partial charge in [0.25, 0.3) is 0 Å². The van der Waals surface area contributed by atoms with Crippen molar-refractivity contribution in [3.05, 3.63) is 70.5 Å². The largest absolute Gasteiger partial charge is 0.350 e. The van der Waals surface area contributed by atoms with Crippen molar-refractivity contribution >= 4 is 18.1 Å². The zero-order valence-corrected chi connectivity index (χ0v) is 17.3. The van der Waals surface area contributed by atoms with Crippen LogP contribution in [0.25, 0.3) is 11.4 Å². The SMILES string of the molecule is Cc1cccc(-c2n[nH]c(=S)n2CC(=O)NC2CCN(Cc3ccccc3)C2)c1. The summed E-state index contributed by atoms with van der Waals surface area (Å²) in [6, 6.07) is 18.6. The van der Waals surface area contributed by atoms with E-state index in [2.05, 4.69) is 44.7 Å². The number of hydrogen-bond acceptors (Lipinski definition) is 4. The van der Waals surface area contributed by atoms with Crippen LogP contribution in [0.1, 0.15) is 17.5 Å². The summed E-state index contributed by atoms with van der Waals surface area (Å²) in [5, 5.41) is 10.3. The van der Waals surface area contributed by atoms with E-state index in [1.54, 1.807) is 4.57 Å². The number of carbonyl (C=O) groups excluding carboxylic acids is 1. The Kier molecular flexibility index (Phi) is 5.87. The van der Waals surface area contributed by atoms with E-state index in [0.29, 0.717) is 10.6 Å². The highest BCUT2D eigenvalue weighted by atomic mass is 32.1. The van der Waals surface area contributed by atoms with Crippen molar-refractivity contribution < 1.29 is 4.79 Å². The molecule has 1 saturated heterocycles. The molecule has 1 unspecified atom stereocenters. The van der Waals surface area contributed by atoms with Gasteiger partial charge in [-0.3, -0.25) is 19.4 Å². The zero-order valence-electron chi connectivity index (χ0n) is 16.5. The second kappa shape index (κ2) is 8.71. The van der Waals surface area contributed by atoms with Gasteiger partial charge < -0.3 is 5.32 Å². The van der Waals surface area contributed by atoms with Gasteiger partial charge in [-0.2, -0.15) is 5.10 Å². The minimum absolute atomic E-state index is 0.0389. The molecule has 1 aromatic heterocycles. The molecule has 0 spiro atoms. The van der Waals surface area contributed by atoms with Crippen LogP contribution in [0.5, 0.6) is 0 Å². The van der Waals surface area contributed by atoms with E-state index >= 15 is 0 Å². The highest BCUT2D eigenvalue weighted by molar-refractivity contribution is 7.71. The molecule has 1 aliphatic rings. The minimum Gasteiger partial charge on any atom is -0.350 e. The Morgan fingerprint density at radius 3 is 2.86 bits per heavy atom. The van der Waals surface area contributed by atoms with Crippen LogP contribution in [0.4, 0.5) is 0 Å². The third-order valence-electron chi connectivity index (χ3n) is 5.22. The maximum atomic E-state index is 12.7. The van der Waals surface area contributed by atoms with E-state index < -0.39 is 0 Å². The smallest absolute Gasteiger partial charge is 0.240 e. The van der Waals surface area contributed by atoms with Crippen LogP contribution in [-0.4, -0.2) is 44.7 Å². The fraction of sp³-hybridized carbons (Fsp3) is 0.318. The molecule has 4 rings (SSSR count). The molecule has 2 N–H and O–H groups in total. The number of aromatic amines is 1. The number of aromatic nitrogens is 3. The van der Waals surface area contributed by atoms with E-state index in [-0.39, 0.29) is 18.5 Å². The van der Waals surface area contributed by atoms with Crippen molar-refractivity contribution in [1.29, 1.82) is 0 Å². The molecule has 0 radical (unpaired) electrons. The molecule has 150 valence electrons. The summed E-state index contributed by atoms with van der Waals surface area (Å²) in [5.74, 6) is 0.647. The van der Waals surface area contributed by atoms with E-state index in [0.717, 1.165) is 37.2 Å². The Balaban J connectivity index is 1.37. The van der Waals surface area contributed by atoms with Crippen LogP contribution in [0, 0.1) is 11.7 Å². The first-order valence-corrected chi connectivity index (χ1v) is 10.3. The normalized spacial score (nSPS) is 16.8. The molecule has 29 heavy (non-hydrogen) atoms. The third kappa shape index (κ3) is 4.81.